The SMILES string of the molecule is CC[C@H]1OC(=O)[C@H](C)C(=O)[C@H](C)[C@@H](O[C@@H]2OC(C)CC(N(C)C)C2O)[C@](C)(OC)C[C@@H](C)C(=O)[C@H](C)[C@H]2N(C/C=C/Cn3cc(-c4cccc(N)c4)nn3)C(=O)O[C@]12C. The van der Waals surface area contributed by atoms with Gasteiger partial charge in [-0.2, -0.15) is 0 Å². The average Bonchev–Trinajstić information content (AvgIpc) is 3.77. The van der Waals surface area contributed by atoms with Crippen LogP contribution in [0, 0.1) is 23.7 Å². The lowest BCUT2D eigenvalue weighted by atomic mass is 9.73. The highest BCUT2D eigenvalue weighted by molar-refractivity contribution is 6.00. The Balaban J connectivity index is 1.46. The van der Waals surface area contributed by atoms with Crippen LogP contribution in [0.1, 0.15) is 74.7 Å². The highest BCUT2D eigenvalue weighted by atomic mass is 16.7. The zero-order chi connectivity index (χ0) is 43.6. The van der Waals surface area contributed by atoms with E-state index in [1.54, 1.807) is 64.6 Å². The monoisotopic (exact) mass is 824 g/mol. The first-order chi connectivity index (χ1) is 27.8. The minimum atomic E-state index is -1.45. The number of cyclic esters (lactones) is 1. The number of methoxy groups -OCH3 is 1. The van der Waals surface area contributed by atoms with Crippen molar-refractivity contribution >= 4 is 29.3 Å². The number of aliphatic hydroxyl groups is 1. The number of hydrogen-bond donors (Lipinski definition) is 2. The molecule has 1 amide bonds. The second kappa shape index (κ2) is 18.6. The van der Waals surface area contributed by atoms with Crippen LogP contribution in [0.5, 0.6) is 0 Å². The summed E-state index contributed by atoms with van der Waals surface area (Å²) in [4.78, 5) is 60.2. The molecule has 4 heterocycles. The molecule has 0 bridgehead atoms. The molecule has 2 aromatic rings. The molecule has 3 saturated heterocycles. The van der Waals surface area contributed by atoms with Crippen molar-refractivity contribution in [2.45, 2.75) is 135 Å². The molecule has 3 fully saturated rings. The number of allylic oxidation sites excluding steroid dienone is 1. The number of likely N-dealkylation sites (N-methyl/N-ethyl adjacent to an activating group) is 1. The third kappa shape index (κ3) is 9.57. The fraction of sp³-hybridized carbons (Fsp3) is 0.674. The minimum absolute atomic E-state index is 0.0838. The number of aromatic nitrogens is 3. The second-order valence-electron chi connectivity index (χ2n) is 17.3. The molecule has 3 aliphatic heterocycles. The van der Waals surface area contributed by atoms with E-state index in [9.17, 15) is 24.3 Å². The number of rotatable bonds is 10. The zero-order valence-corrected chi connectivity index (χ0v) is 36.4. The molecule has 13 atom stereocenters. The number of amides is 1. The number of hydrogen-bond acceptors (Lipinski definition) is 14. The first-order valence-corrected chi connectivity index (χ1v) is 20.6. The molecule has 0 aliphatic carbocycles. The van der Waals surface area contributed by atoms with Crippen molar-refractivity contribution in [2.24, 2.45) is 23.7 Å². The normalized spacial score (nSPS) is 36.4. The molecule has 3 aliphatic rings. The number of anilines is 1. The van der Waals surface area contributed by atoms with E-state index < -0.39 is 83.4 Å². The van der Waals surface area contributed by atoms with Crippen molar-refractivity contribution in [3.05, 3.63) is 42.6 Å². The van der Waals surface area contributed by atoms with E-state index in [1.807, 2.05) is 50.2 Å². The third-order valence-electron chi connectivity index (χ3n) is 12.6. The Morgan fingerprint density at radius 1 is 1.03 bits per heavy atom. The van der Waals surface area contributed by atoms with E-state index in [4.69, 9.17) is 29.4 Å². The predicted octanol–water partition coefficient (Wildman–Crippen LogP) is 4.29. The maximum Gasteiger partial charge on any atom is 0.411 e. The molecule has 326 valence electrons. The number of nitrogens with zero attached hydrogens (tertiary/aromatic N) is 5. The van der Waals surface area contributed by atoms with Gasteiger partial charge in [-0.25, -0.2) is 9.48 Å². The number of benzene rings is 1. The minimum Gasteiger partial charge on any atom is -0.458 e. The molecule has 5 rings (SSSR count). The predicted molar refractivity (Wildman–Crippen MR) is 219 cm³/mol. The molecular weight excluding hydrogens is 761 g/mol. The van der Waals surface area contributed by atoms with Gasteiger partial charge in [0.05, 0.1) is 36.6 Å². The van der Waals surface area contributed by atoms with Gasteiger partial charge in [0.2, 0.25) is 0 Å². The largest absolute Gasteiger partial charge is 0.458 e. The molecule has 0 radical (unpaired) electrons. The number of aliphatic hydroxyl groups excluding tert-OH is 1. The van der Waals surface area contributed by atoms with E-state index in [2.05, 4.69) is 10.3 Å². The summed E-state index contributed by atoms with van der Waals surface area (Å²) >= 11 is 0. The van der Waals surface area contributed by atoms with Crippen molar-refractivity contribution in [2.75, 3.05) is 33.5 Å². The van der Waals surface area contributed by atoms with Gasteiger partial charge in [-0.05, 0) is 73.2 Å². The van der Waals surface area contributed by atoms with Crippen molar-refractivity contribution in [1.82, 2.24) is 24.8 Å². The summed E-state index contributed by atoms with van der Waals surface area (Å²) in [5.41, 5.74) is 5.30. The number of ketones is 2. The first kappa shape index (κ1) is 45.9. The number of ether oxygens (including phenoxy) is 5. The maximum atomic E-state index is 14.7. The Labute approximate surface area is 347 Å². The number of carbonyl (C=O) groups excluding carboxylic acids is 4. The first-order valence-electron chi connectivity index (χ1n) is 20.6. The summed E-state index contributed by atoms with van der Waals surface area (Å²) in [6.45, 7) is 14.2. The van der Waals surface area contributed by atoms with Gasteiger partial charge in [0, 0.05) is 48.7 Å². The Hall–Kier alpha value is -4.22. The van der Waals surface area contributed by atoms with Gasteiger partial charge in [0.25, 0.3) is 0 Å². The van der Waals surface area contributed by atoms with Crippen LogP contribution < -0.4 is 5.73 Å². The summed E-state index contributed by atoms with van der Waals surface area (Å²) in [7, 11) is 5.21. The summed E-state index contributed by atoms with van der Waals surface area (Å²) in [6.07, 6.45) is 1.14. The number of esters is 1. The average molecular weight is 825 g/mol. The van der Waals surface area contributed by atoms with Crippen molar-refractivity contribution in [3.8, 4) is 11.3 Å². The van der Waals surface area contributed by atoms with E-state index >= 15 is 0 Å². The summed E-state index contributed by atoms with van der Waals surface area (Å²) in [6, 6.07) is 6.20. The van der Waals surface area contributed by atoms with E-state index in [-0.39, 0.29) is 37.3 Å². The summed E-state index contributed by atoms with van der Waals surface area (Å²) < 4.78 is 32.8. The highest BCUT2D eigenvalue weighted by Gasteiger charge is 2.60. The molecule has 3 unspecified atom stereocenters. The van der Waals surface area contributed by atoms with Gasteiger partial charge in [0.1, 0.15) is 29.6 Å². The number of Topliss-reactive ketones (excluding diaryl/α,β-unsaturated/α-hetero) is 2. The topological polar surface area (TPSA) is 198 Å². The Morgan fingerprint density at radius 3 is 2.37 bits per heavy atom. The second-order valence-corrected chi connectivity index (χ2v) is 17.3. The van der Waals surface area contributed by atoms with Crippen molar-refractivity contribution < 1.29 is 48.0 Å². The van der Waals surface area contributed by atoms with Crippen LogP contribution >= 0.6 is 0 Å². The molecule has 16 heteroatoms. The number of nitrogen functional groups attached to an aromatic ring is 1. The van der Waals surface area contributed by atoms with Crippen LogP contribution in [-0.2, 0) is 44.6 Å². The molecule has 16 nitrogen and oxygen atoms in total. The molecule has 59 heavy (non-hydrogen) atoms. The third-order valence-corrected chi connectivity index (χ3v) is 12.6. The van der Waals surface area contributed by atoms with Gasteiger partial charge < -0.3 is 39.4 Å². The van der Waals surface area contributed by atoms with Crippen molar-refractivity contribution in [1.29, 1.82) is 0 Å². The van der Waals surface area contributed by atoms with Crippen LogP contribution in [0.4, 0.5) is 10.5 Å². The van der Waals surface area contributed by atoms with E-state index in [0.29, 0.717) is 24.3 Å². The van der Waals surface area contributed by atoms with Crippen LogP contribution in [-0.4, -0.2) is 135 Å². The Kier molecular flexibility index (Phi) is 14.4. The lowest BCUT2D eigenvalue weighted by Gasteiger charge is -2.47. The van der Waals surface area contributed by atoms with Crippen LogP contribution in [0.3, 0.4) is 0 Å². The van der Waals surface area contributed by atoms with E-state index in [1.165, 1.54) is 18.9 Å². The maximum absolute atomic E-state index is 14.7. The van der Waals surface area contributed by atoms with Gasteiger partial charge in [-0.1, -0.05) is 57.2 Å². The highest BCUT2D eigenvalue weighted by Crippen LogP contribution is 2.43. The molecule has 1 aromatic carbocycles. The molecular formula is C43H64N6O10. The fourth-order valence-electron chi connectivity index (χ4n) is 9.26. The molecule has 3 N–H and O–H groups in total. The number of nitrogens with two attached hydrogens (primary N) is 1. The quantitative estimate of drug-likeness (QED) is 0.149. The lowest BCUT2D eigenvalue weighted by Crippen LogP contribution is -2.60. The standard InChI is InChI=1S/C43H64N6O10/c1-12-33-43(8)37(49(41(54)59-43)19-14-13-18-48-23-31(45-46-48)29-16-15-17-30(44)21-29)26(4)34(50)24(2)22-42(7,55-11)38(27(5)35(51)28(6)39(53)57-33)58-40-36(52)32(47(9)10)20-25(3)56-40/h13-17,21,23-28,32-33,36-38,40,52H,12,18-20,22,44H2,1-11H3/b14-13+/t24-,25?,26+,27+,28-,32?,33-,36?,37-,38-,40+,42-,43-/m1/s1. The van der Waals surface area contributed by atoms with Gasteiger partial charge in [0.15, 0.2) is 17.7 Å². The molecule has 1 aromatic heterocycles. The summed E-state index contributed by atoms with van der Waals surface area (Å²) in [5.74, 6) is -5.15. The van der Waals surface area contributed by atoms with Gasteiger partial charge >= 0.3 is 12.1 Å². The Morgan fingerprint density at radius 2 is 1.73 bits per heavy atom. The van der Waals surface area contributed by atoms with E-state index in [0.717, 1.165) is 5.56 Å². The van der Waals surface area contributed by atoms with Crippen LogP contribution in [0.2, 0.25) is 0 Å². The zero-order valence-electron chi connectivity index (χ0n) is 36.4. The van der Waals surface area contributed by atoms with Gasteiger partial charge in [-0.15, -0.1) is 5.10 Å². The van der Waals surface area contributed by atoms with Crippen LogP contribution in [0.25, 0.3) is 11.3 Å². The lowest BCUT2D eigenvalue weighted by molar-refractivity contribution is -0.295. The summed E-state index contributed by atoms with van der Waals surface area (Å²) in [5, 5.41) is 19.9. The van der Waals surface area contributed by atoms with Gasteiger partial charge in [-0.3, -0.25) is 19.3 Å². The van der Waals surface area contributed by atoms with Crippen molar-refractivity contribution in [3.63, 3.8) is 0 Å². The van der Waals surface area contributed by atoms with Crippen LogP contribution in [0.15, 0.2) is 42.6 Å². The Bertz CT molecular complexity index is 1850. The fourth-order valence-corrected chi connectivity index (χ4v) is 9.26. The smallest absolute Gasteiger partial charge is 0.411 e. The number of fused-ring (bicyclic) bond motifs is 1. The molecule has 0 spiro atoms. The molecule has 0 saturated carbocycles. The number of carbonyl (C=O) groups is 4.